The first-order valence-electron chi connectivity index (χ1n) is 4.61. The summed E-state index contributed by atoms with van der Waals surface area (Å²) < 4.78 is 40.9. The van der Waals surface area contributed by atoms with Crippen LogP contribution in [0.25, 0.3) is 0 Å². The van der Waals surface area contributed by atoms with E-state index in [0.717, 1.165) is 0 Å². The fourth-order valence-electron chi connectivity index (χ4n) is 1.41. The summed E-state index contributed by atoms with van der Waals surface area (Å²) in [5.41, 5.74) is 0.308. The molecule has 4 nitrogen and oxygen atoms in total. The van der Waals surface area contributed by atoms with Gasteiger partial charge in [-0.2, -0.15) is 13.2 Å². The summed E-state index contributed by atoms with van der Waals surface area (Å²) in [6, 6.07) is -0.923. The van der Waals surface area contributed by atoms with Crippen LogP contribution in [0, 0.1) is 0 Å². The Morgan fingerprint density at radius 1 is 1.62 bits per heavy atom. The van der Waals surface area contributed by atoms with Crippen LogP contribution in [0.15, 0.2) is 12.2 Å². The first-order chi connectivity index (χ1) is 7.21. The molecule has 0 bridgehead atoms. The Hall–Kier alpha value is -1.08. The number of alkyl halides is 3. The summed E-state index contributed by atoms with van der Waals surface area (Å²) >= 11 is 0. The number of halogens is 3. The van der Waals surface area contributed by atoms with Gasteiger partial charge in [0.25, 0.3) is 0 Å². The number of carbonyl (C=O) groups is 1. The van der Waals surface area contributed by atoms with E-state index in [1.807, 2.05) is 0 Å². The van der Waals surface area contributed by atoms with Crippen molar-refractivity contribution in [3.05, 3.63) is 12.2 Å². The molecule has 0 aromatic carbocycles. The van der Waals surface area contributed by atoms with Gasteiger partial charge in [0.1, 0.15) is 0 Å². The Bertz CT molecular complexity index is 301. The number of hydrogen-bond donors (Lipinski definition) is 2. The van der Waals surface area contributed by atoms with E-state index in [-0.39, 0.29) is 6.42 Å². The second kappa shape index (κ2) is 4.42. The highest BCUT2D eigenvalue weighted by molar-refractivity contribution is 5.82. The molecule has 16 heavy (non-hydrogen) atoms. The average Bonchev–Trinajstić information content (AvgIpc) is 2.11. The van der Waals surface area contributed by atoms with E-state index in [4.69, 9.17) is 4.74 Å². The van der Waals surface area contributed by atoms with Gasteiger partial charge in [-0.25, -0.2) is 0 Å². The molecular formula is C9H12F3NO3. The van der Waals surface area contributed by atoms with Gasteiger partial charge in [-0.1, -0.05) is 6.58 Å². The quantitative estimate of drug-likeness (QED) is 0.663. The Morgan fingerprint density at radius 3 is 2.69 bits per heavy atom. The van der Waals surface area contributed by atoms with E-state index in [2.05, 4.69) is 6.58 Å². The molecule has 0 aromatic heterocycles. The number of nitrogens with one attached hydrogen (secondary N) is 1. The first kappa shape index (κ1) is 13.0. The van der Waals surface area contributed by atoms with Crippen molar-refractivity contribution < 1.29 is 27.8 Å². The molecule has 2 N–H and O–H groups in total. The molecule has 3 atom stereocenters. The number of amides is 1. The average molecular weight is 239 g/mol. The van der Waals surface area contributed by atoms with Crippen LogP contribution in [0.3, 0.4) is 0 Å². The van der Waals surface area contributed by atoms with Crippen LogP contribution in [0.5, 0.6) is 0 Å². The minimum atomic E-state index is -4.94. The Morgan fingerprint density at radius 2 is 2.19 bits per heavy atom. The van der Waals surface area contributed by atoms with Crippen LogP contribution in [-0.2, 0) is 9.53 Å². The first-order valence-corrected chi connectivity index (χ1v) is 4.61. The number of rotatable bonds is 1. The minimum Gasteiger partial charge on any atom is -0.368 e. The second-order valence-electron chi connectivity index (χ2n) is 3.57. The third-order valence-electron chi connectivity index (χ3n) is 2.33. The summed E-state index contributed by atoms with van der Waals surface area (Å²) in [6.45, 7) is 5.07. The molecule has 1 rings (SSSR count). The summed E-state index contributed by atoms with van der Waals surface area (Å²) in [7, 11) is 0. The zero-order valence-electron chi connectivity index (χ0n) is 8.54. The summed E-state index contributed by atoms with van der Waals surface area (Å²) in [5, 5.41) is 11.0. The summed E-state index contributed by atoms with van der Waals surface area (Å²) in [6.07, 6.45) is -6.86. The van der Waals surface area contributed by atoms with Crippen molar-refractivity contribution in [2.45, 2.75) is 38.0 Å². The highest BCUT2D eigenvalue weighted by atomic mass is 19.4. The predicted octanol–water partition coefficient (Wildman–Crippen LogP) is 0.717. The van der Waals surface area contributed by atoms with E-state index < -0.39 is 30.5 Å². The SMILES string of the molecule is C=C1[C@@H](NC(=O)C(F)(F)F)CC(O)O[C@H]1C. The molecule has 0 spiro atoms. The van der Waals surface area contributed by atoms with Gasteiger partial charge in [-0.15, -0.1) is 0 Å². The summed E-state index contributed by atoms with van der Waals surface area (Å²) in [4.78, 5) is 10.7. The zero-order valence-corrected chi connectivity index (χ0v) is 8.54. The maximum absolute atomic E-state index is 12.0. The van der Waals surface area contributed by atoms with E-state index in [1.54, 1.807) is 5.32 Å². The molecule has 1 aliphatic rings. The lowest BCUT2D eigenvalue weighted by atomic mass is 9.97. The van der Waals surface area contributed by atoms with Crippen LogP contribution in [0.2, 0.25) is 0 Å². The Balaban J connectivity index is 2.66. The predicted molar refractivity (Wildman–Crippen MR) is 48.3 cm³/mol. The molecule has 7 heteroatoms. The van der Waals surface area contributed by atoms with Crippen LogP contribution < -0.4 is 5.32 Å². The second-order valence-corrected chi connectivity index (χ2v) is 3.57. The molecule has 0 saturated carbocycles. The maximum Gasteiger partial charge on any atom is 0.471 e. The van der Waals surface area contributed by atoms with Crippen LogP contribution in [0.4, 0.5) is 13.2 Å². The number of carbonyl (C=O) groups excluding carboxylic acids is 1. The van der Waals surface area contributed by atoms with Crippen molar-refractivity contribution in [3.8, 4) is 0 Å². The monoisotopic (exact) mass is 239 g/mol. The van der Waals surface area contributed by atoms with Crippen molar-refractivity contribution >= 4 is 5.91 Å². The van der Waals surface area contributed by atoms with Crippen molar-refractivity contribution in [2.24, 2.45) is 0 Å². The lowest BCUT2D eigenvalue weighted by Gasteiger charge is -2.33. The number of aliphatic hydroxyl groups excluding tert-OH is 1. The third-order valence-corrected chi connectivity index (χ3v) is 2.33. The van der Waals surface area contributed by atoms with E-state index in [0.29, 0.717) is 5.57 Å². The van der Waals surface area contributed by atoms with Gasteiger partial charge in [0, 0.05) is 6.42 Å². The van der Waals surface area contributed by atoms with E-state index in [9.17, 15) is 23.1 Å². The zero-order chi connectivity index (χ0) is 12.5. The Kier molecular flexibility index (Phi) is 3.59. The van der Waals surface area contributed by atoms with Crippen LogP contribution in [-0.4, -0.2) is 35.6 Å². The van der Waals surface area contributed by atoms with Gasteiger partial charge in [0.2, 0.25) is 0 Å². The molecule has 1 saturated heterocycles. The van der Waals surface area contributed by atoms with Crippen molar-refractivity contribution in [3.63, 3.8) is 0 Å². The third kappa shape index (κ3) is 2.96. The smallest absolute Gasteiger partial charge is 0.368 e. The molecule has 1 amide bonds. The van der Waals surface area contributed by atoms with Crippen molar-refractivity contribution in [1.29, 1.82) is 0 Å². The largest absolute Gasteiger partial charge is 0.471 e. The molecule has 0 aliphatic carbocycles. The standard InChI is InChI=1S/C9H12F3NO3/c1-4-5(2)16-7(14)3-6(4)13-8(15)9(10,11)12/h5-7,14H,1,3H2,2H3,(H,13,15)/t5-,6-,7?/m0/s1. The van der Waals surface area contributed by atoms with Gasteiger partial charge in [-0.05, 0) is 12.5 Å². The molecule has 0 aromatic rings. The number of hydrogen-bond acceptors (Lipinski definition) is 3. The van der Waals surface area contributed by atoms with Gasteiger partial charge in [0.15, 0.2) is 6.29 Å². The van der Waals surface area contributed by atoms with Gasteiger partial charge in [-0.3, -0.25) is 4.79 Å². The molecule has 1 unspecified atom stereocenters. The van der Waals surface area contributed by atoms with E-state index in [1.165, 1.54) is 6.92 Å². The molecule has 0 radical (unpaired) electrons. The molecular weight excluding hydrogens is 227 g/mol. The molecule has 1 heterocycles. The van der Waals surface area contributed by atoms with Crippen LogP contribution >= 0.6 is 0 Å². The topological polar surface area (TPSA) is 58.6 Å². The van der Waals surface area contributed by atoms with E-state index >= 15 is 0 Å². The molecule has 1 aliphatic heterocycles. The summed E-state index contributed by atoms with van der Waals surface area (Å²) in [5.74, 6) is -2.04. The fraction of sp³-hybridized carbons (Fsp3) is 0.667. The van der Waals surface area contributed by atoms with Crippen LogP contribution in [0.1, 0.15) is 13.3 Å². The van der Waals surface area contributed by atoms with Crippen molar-refractivity contribution in [1.82, 2.24) is 5.32 Å². The van der Waals surface area contributed by atoms with Gasteiger partial charge in [0.05, 0.1) is 12.1 Å². The lowest BCUT2D eigenvalue weighted by Crippen LogP contribution is -2.50. The van der Waals surface area contributed by atoms with Gasteiger partial charge >= 0.3 is 12.1 Å². The molecule has 1 fully saturated rings. The highest BCUT2D eigenvalue weighted by Crippen LogP contribution is 2.24. The number of ether oxygens (including phenoxy) is 1. The fourth-order valence-corrected chi connectivity index (χ4v) is 1.41. The molecule has 92 valence electrons. The lowest BCUT2D eigenvalue weighted by molar-refractivity contribution is -0.177. The number of aliphatic hydroxyl groups is 1. The normalized spacial score (nSPS) is 31.3. The maximum atomic E-state index is 12.0. The highest BCUT2D eigenvalue weighted by Gasteiger charge is 2.41. The minimum absolute atomic E-state index is 0.134. The van der Waals surface area contributed by atoms with Gasteiger partial charge < -0.3 is 15.2 Å². The van der Waals surface area contributed by atoms with Crippen molar-refractivity contribution in [2.75, 3.05) is 0 Å². The Labute approximate surface area is 90.1 Å².